The smallest absolute Gasteiger partial charge is 0.325 e. The number of para-hydroxylation sites is 1. The number of hydrogen-bond donors (Lipinski definition) is 1. The Balaban J connectivity index is 1.27. The number of fused-ring (bicyclic) bond motifs is 2. The molecule has 7 nitrogen and oxygen atoms in total. The topological polar surface area (TPSA) is 73.0 Å². The van der Waals surface area contributed by atoms with Crippen molar-refractivity contribution in [3.63, 3.8) is 0 Å². The number of anilines is 1. The number of nitrogens with one attached hydrogen (secondary N) is 1. The van der Waals surface area contributed by atoms with Gasteiger partial charge >= 0.3 is 6.03 Å². The highest BCUT2D eigenvalue weighted by atomic mass is 16.2. The minimum atomic E-state index is -1.03. The first-order chi connectivity index (χ1) is 15.1. The van der Waals surface area contributed by atoms with Crippen LogP contribution in [0.15, 0.2) is 54.6 Å². The van der Waals surface area contributed by atoms with Crippen molar-refractivity contribution in [3.05, 3.63) is 65.7 Å². The van der Waals surface area contributed by atoms with Gasteiger partial charge in [-0.25, -0.2) is 4.79 Å². The van der Waals surface area contributed by atoms with Gasteiger partial charge in [0.05, 0.1) is 0 Å². The second-order valence-electron chi connectivity index (χ2n) is 8.44. The van der Waals surface area contributed by atoms with Gasteiger partial charge in [-0.3, -0.25) is 14.5 Å². The van der Waals surface area contributed by atoms with Crippen LogP contribution in [0.25, 0.3) is 0 Å². The molecule has 1 spiro atoms. The van der Waals surface area contributed by atoms with Gasteiger partial charge in [0.25, 0.3) is 5.91 Å². The van der Waals surface area contributed by atoms with Crippen molar-refractivity contribution in [3.8, 4) is 0 Å². The number of rotatable bonds is 3. The molecule has 160 valence electrons. The average Bonchev–Trinajstić information content (AvgIpc) is 3.04. The molecule has 1 unspecified atom stereocenters. The summed E-state index contributed by atoms with van der Waals surface area (Å²) in [5.41, 5.74) is 2.07. The molecule has 3 aliphatic rings. The summed E-state index contributed by atoms with van der Waals surface area (Å²) in [6.07, 6.45) is 2.28. The molecule has 0 radical (unpaired) electrons. The van der Waals surface area contributed by atoms with Gasteiger partial charge in [-0.15, -0.1) is 0 Å². The molecule has 1 atom stereocenters. The standard InChI is InChI=1S/C24H26N4O3/c29-21(27-15-13-26(14-16-27)19-9-2-1-3-10-19)17-28-22(30)24(25-23(28)31)12-6-8-18-7-4-5-11-20(18)24/h1-5,7,9-11H,6,8,12-17H2,(H,25,31). The Morgan fingerprint density at radius 3 is 2.42 bits per heavy atom. The number of imide groups is 1. The van der Waals surface area contributed by atoms with Crippen molar-refractivity contribution >= 4 is 23.5 Å². The Bertz CT molecular complexity index is 1020. The van der Waals surface area contributed by atoms with Crippen LogP contribution in [0.2, 0.25) is 0 Å². The molecule has 1 N–H and O–H groups in total. The fourth-order valence-corrected chi connectivity index (χ4v) is 5.04. The first kappa shape index (κ1) is 19.6. The van der Waals surface area contributed by atoms with Gasteiger partial charge in [-0.1, -0.05) is 42.5 Å². The molecule has 2 aromatic rings. The predicted octanol–water partition coefficient (Wildman–Crippen LogP) is 2.12. The molecular formula is C24H26N4O3. The van der Waals surface area contributed by atoms with Crippen molar-refractivity contribution in [1.29, 1.82) is 0 Å². The fraction of sp³-hybridized carbons (Fsp3) is 0.375. The Hall–Kier alpha value is -3.35. The molecule has 4 amide bonds. The number of nitrogens with zero attached hydrogens (tertiary/aromatic N) is 3. The van der Waals surface area contributed by atoms with Gasteiger partial charge < -0.3 is 15.1 Å². The highest BCUT2D eigenvalue weighted by Crippen LogP contribution is 2.39. The van der Waals surface area contributed by atoms with E-state index in [0.717, 1.165) is 47.6 Å². The molecule has 2 fully saturated rings. The van der Waals surface area contributed by atoms with Gasteiger partial charge in [-0.05, 0) is 42.5 Å². The van der Waals surface area contributed by atoms with E-state index < -0.39 is 11.6 Å². The molecule has 2 aromatic carbocycles. The number of amides is 4. The van der Waals surface area contributed by atoms with E-state index in [1.165, 1.54) is 0 Å². The lowest BCUT2D eigenvalue weighted by Gasteiger charge is -2.36. The maximum Gasteiger partial charge on any atom is 0.325 e. The third kappa shape index (κ3) is 3.34. The van der Waals surface area contributed by atoms with E-state index >= 15 is 0 Å². The van der Waals surface area contributed by atoms with Crippen LogP contribution in [0.4, 0.5) is 10.5 Å². The van der Waals surface area contributed by atoms with Crippen LogP contribution in [0.5, 0.6) is 0 Å². The van der Waals surface area contributed by atoms with Crippen molar-refractivity contribution in [2.45, 2.75) is 24.8 Å². The quantitative estimate of drug-likeness (QED) is 0.775. The van der Waals surface area contributed by atoms with Gasteiger partial charge in [0, 0.05) is 31.9 Å². The van der Waals surface area contributed by atoms with E-state index in [1.54, 1.807) is 4.90 Å². The first-order valence-corrected chi connectivity index (χ1v) is 10.9. The van der Waals surface area contributed by atoms with Crippen LogP contribution in [-0.2, 0) is 21.5 Å². The number of aryl methyl sites for hydroxylation is 1. The first-order valence-electron chi connectivity index (χ1n) is 10.9. The van der Waals surface area contributed by atoms with Gasteiger partial charge in [0.2, 0.25) is 5.91 Å². The summed E-state index contributed by atoms with van der Waals surface area (Å²) >= 11 is 0. The van der Waals surface area contributed by atoms with Crippen LogP contribution >= 0.6 is 0 Å². The highest BCUT2D eigenvalue weighted by Gasteiger charge is 2.54. The van der Waals surface area contributed by atoms with E-state index in [1.807, 2.05) is 42.5 Å². The molecule has 31 heavy (non-hydrogen) atoms. The largest absolute Gasteiger partial charge is 0.368 e. The lowest BCUT2D eigenvalue weighted by Crippen LogP contribution is -2.52. The summed E-state index contributed by atoms with van der Waals surface area (Å²) in [4.78, 5) is 44.1. The van der Waals surface area contributed by atoms with Crippen LogP contribution in [0.1, 0.15) is 24.0 Å². The molecule has 2 aliphatic heterocycles. The molecule has 1 aliphatic carbocycles. The molecule has 7 heteroatoms. The highest BCUT2D eigenvalue weighted by molar-refractivity contribution is 6.09. The predicted molar refractivity (Wildman–Crippen MR) is 117 cm³/mol. The second kappa shape index (κ2) is 7.72. The van der Waals surface area contributed by atoms with Crippen LogP contribution in [0.3, 0.4) is 0 Å². The lowest BCUT2D eigenvalue weighted by atomic mass is 9.76. The van der Waals surface area contributed by atoms with E-state index in [0.29, 0.717) is 19.5 Å². The van der Waals surface area contributed by atoms with Crippen molar-refractivity contribution in [2.24, 2.45) is 0 Å². The molecule has 5 rings (SSSR count). The third-order valence-electron chi connectivity index (χ3n) is 6.70. The zero-order valence-corrected chi connectivity index (χ0v) is 17.4. The van der Waals surface area contributed by atoms with Gasteiger partial charge in [-0.2, -0.15) is 0 Å². The van der Waals surface area contributed by atoms with Gasteiger partial charge in [0.1, 0.15) is 12.1 Å². The normalized spacial score (nSPS) is 23.2. The second-order valence-corrected chi connectivity index (χ2v) is 8.44. The number of urea groups is 1. The van der Waals surface area contributed by atoms with E-state index in [-0.39, 0.29) is 18.4 Å². The maximum absolute atomic E-state index is 13.4. The number of benzene rings is 2. The van der Waals surface area contributed by atoms with E-state index in [9.17, 15) is 14.4 Å². The van der Waals surface area contributed by atoms with Crippen LogP contribution in [-0.4, -0.2) is 60.4 Å². The Morgan fingerprint density at radius 2 is 1.65 bits per heavy atom. The molecule has 2 saturated heterocycles. The Labute approximate surface area is 181 Å². The number of carbonyl (C=O) groups is 3. The summed E-state index contributed by atoms with van der Waals surface area (Å²) in [6, 6.07) is 17.4. The van der Waals surface area contributed by atoms with Gasteiger partial charge in [0.15, 0.2) is 0 Å². The monoisotopic (exact) mass is 418 g/mol. The number of carbonyl (C=O) groups excluding carboxylic acids is 3. The minimum absolute atomic E-state index is 0.183. The molecule has 0 aromatic heterocycles. The van der Waals surface area contributed by atoms with E-state index in [2.05, 4.69) is 22.3 Å². The number of piperazine rings is 1. The summed E-state index contributed by atoms with van der Waals surface area (Å²) in [7, 11) is 0. The molecule has 0 saturated carbocycles. The maximum atomic E-state index is 13.4. The zero-order valence-electron chi connectivity index (χ0n) is 17.4. The average molecular weight is 418 g/mol. The SMILES string of the molecule is O=C(CN1C(=O)NC2(CCCc3ccccc32)C1=O)N1CCN(c2ccccc2)CC1. The van der Waals surface area contributed by atoms with E-state index in [4.69, 9.17) is 0 Å². The zero-order chi connectivity index (χ0) is 21.4. The van der Waals surface area contributed by atoms with Crippen LogP contribution in [0, 0.1) is 0 Å². The van der Waals surface area contributed by atoms with Crippen molar-refractivity contribution < 1.29 is 14.4 Å². The fourth-order valence-electron chi connectivity index (χ4n) is 5.04. The summed E-state index contributed by atoms with van der Waals surface area (Å²) < 4.78 is 0. The molecule has 2 heterocycles. The minimum Gasteiger partial charge on any atom is -0.368 e. The van der Waals surface area contributed by atoms with Crippen molar-refractivity contribution in [1.82, 2.24) is 15.1 Å². The lowest BCUT2D eigenvalue weighted by molar-refractivity contribution is -0.139. The summed E-state index contributed by atoms with van der Waals surface area (Å²) in [5, 5.41) is 2.92. The Kier molecular flexibility index (Phi) is 4.88. The van der Waals surface area contributed by atoms with Crippen LogP contribution < -0.4 is 10.2 Å². The summed E-state index contributed by atoms with van der Waals surface area (Å²) in [5.74, 6) is -0.488. The molecular weight excluding hydrogens is 392 g/mol. The third-order valence-corrected chi connectivity index (χ3v) is 6.70. The van der Waals surface area contributed by atoms with Crippen molar-refractivity contribution in [2.75, 3.05) is 37.6 Å². The molecule has 0 bridgehead atoms. The number of hydrogen-bond acceptors (Lipinski definition) is 4. The summed E-state index contributed by atoms with van der Waals surface area (Å²) in [6.45, 7) is 2.40. The Morgan fingerprint density at radius 1 is 0.935 bits per heavy atom.